The molecule has 1 aromatic rings. The second kappa shape index (κ2) is 6.53. The molecule has 1 aromatic carbocycles. The van der Waals surface area contributed by atoms with E-state index in [2.05, 4.69) is 6.92 Å². The van der Waals surface area contributed by atoms with Crippen LogP contribution in [0.2, 0.25) is 5.02 Å². The van der Waals surface area contributed by atoms with Gasteiger partial charge in [-0.1, -0.05) is 11.6 Å². The summed E-state index contributed by atoms with van der Waals surface area (Å²) in [6.07, 6.45) is 3.46. The number of hydrogen-bond donors (Lipinski definition) is 1. The monoisotopic (exact) mass is 298 g/mol. The van der Waals surface area contributed by atoms with Crippen molar-refractivity contribution in [2.75, 3.05) is 18.0 Å². The Morgan fingerprint density at radius 1 is 1.53 bits per heavy atom. The van der Waals surface area contributed by atoms with E-state index in [0.717, 1.165) is 24.3 Å². The standard InChI is InChI=1S/C14H19ClN2OS/c1-10-4-2-3-7-17(10)14(18)9-19-11-5-6-13(16)12(15)8-11/h5-6,8,10H,2-4,7,9,16H2,1H3. The van der Waals surface area contributed by atoms with Crippen LogP contribution in [-0.2, 0) is 4.79 Å². The van der Waals surface area contributed by atoms with Crippen LogP contribution < -0.4 is 5.73 Å². The van der Waals surface area contributed by atoms with Crippen molar-refractivity contribution in [3.05, 3.63) is 23.2 Å². The van der Waals surface area contributed by atoms with E-state index >= 15 is 0 Å². The molecule has 2 rings (SSSR count). The van der Waals surface area contributed by atoms with Crippen LogP contribution in [0, 0.1) is 0 Å². The fourth-order valence-electron chi connectivity index (χ4n) is 2.29. The number of anilines is 1. The molecule has 0 aliphatic carbocycles. The topological polar surface area (TPSA) is 46.3 Å². The van der Waals surface area contributed by atoms with Crippen molar-refractivity contribution >= 4 is 35.0 Å². The first kappa shape index (κ1) is 14.5. The second-order valence-corrected chi connectivity index (χ2v) is 6.36. The fourth-order valence-corrected chi connectivity index (χ4v) is 3.36. The van der Waals surface area contributed by atoms with Gasteiger partial charge in [-0.3, -0.25) is 4.79 Å². The Morgan fingerprint density at radius 2 is 2.32 bits per heavy atom. The van der Waals surface area contributed by atoms with Crippen LogP contribution in [0.15, 0.2) is 23.1 Å². The van der Waals surface area contributed by atoms with E-state index in [1.165, 1.54) is 18.2 Å². The smallest absolute Gasteiger partial charge is 0.233 e. The Morgan fingerprint density at radius 3 is 3.00 bits per heavy atom. The maximum atomic E-state index is 12.2. The molecule has 5 heteroatoms. The number of nitrogen functional groups attached to an aromatic ring is 1. The lowest BCUT2D eigenvalue weighted by atomic mass is 10.0. The number of hydrogen-bond acceptors (Lipinski definition) is 3. The molecule has 1 fully saturated rings. The minimum atomic E-state index is 0.213. The summed E-state index contributed by atoms with van der Waals surface area (Å²) in [6.45, 7) is 3.02. The van der Waals surface area contributed by atoms with Gasteiger partial charge in [-0.25, -0.2) is 0 Å². The molecular formula is C14H19ClN2OS. The molecule has 0 saturated carbocycles. The summed E-state index contributed by atoms with van der Waals surface area (Å²) in [7, 11) is 0. The Kier molecular flexibility index (Phi) is 4.99. The number of nitrogens with zero attached hydrogens (tertiary/aromatic N) is 1. The minimum absolute atomic E-state index is 0.213. The molecule has 1 heterocycles. The van der Waals surface area contributed by atoms with E-state index in [9.17, 15) is 4.79 Å². The molecule has 3 nitrogen and oxygen atoms in total. The fraction of sp³-hybridized carbons (Fsp3) is 0.500. The number of benzene rings is 1. The number of likely N-dealkylation sites (tertiary alicyclic amines) is 1. The molecule has 0 bridgehead atoms. The Hall–Kier alpha value is -0.870. The normalized spacial score (nSPS) is 19.5. The zero-order chi connectivity index (χ0) is 13.8. The molecule has 0 spiro atoms. The van der Waals surface area contributed by atoms with Crippen molar-refractivity contribution < 1.29 is 4.79 Å². The average Bonchev–Trinajstić information content (AvgIpc) is 2.40. The minimum Gasteiger partial charge on any atom is -0.398 e. The van der Waals surface area contributed by atoms with Gasteiger partial charge in [-0.05, 0) is 44.4 Å². The summed E-state index contributed by atoms with van der Waals surface area (Å²) in [5.41, 5.74) is 6.23. The van der Waals surface area contributed by atoms with Gasteiger partial charge in [-0.15, -0.1) is 11.8 Å². The van der Waals surface area contributed by atoms with Crippen molar-refractivity contribution in [2.45, 2.75) is 37.1 Å². The Bertz CT molecular complexity index is 467. The largest absolute Gasteiger partial charge is 0.398 e. The van der Waals surface area contributed by atoms with Crippen molar-refractivity contribution in [1.29, 1.82) is 0 Å². The maximum Gasteiger partial charge on any atom is 0.233 e. The van der Waals surface area contributed by atoms with Crippen LogP contribution in [0.1, 0.15) is 26.2 Å². The van der Waals surface area contributed by atoms with Crippen molar-refractivity contribution in [1.82, 2.24) is 4.90 Å². The molecule has 1 amide bonds. The third-order valence-electron chi connectivity index (χ3n) is 3.46. The highest BCUT2D eigenvalue weighted by Crippen LogP contribution is 2.27. The molecule has 1 saturated heterocycles. The number of nitrogens with two attached hydrogens (primary N) is 1. The Labute approximate surface area is 123 Å². The van der Waals surface area contributed by atoms with Gasteiger partial charge in [0.15, 0.2) is 0 Å². The van der Waals surface area contributed by atoms with Gasteiger partial charge in [0.1, 0.15) is 0 Å². The van der Waals surface area contributed by atoms with Crippen molar-refractivity contribution in [2.24, 2.45) is 0 Å². The highest BCUT2D eigenvalue weighted by atomic mass is 35.5. The molecule has 0 radical (unpaired) electrons. The molecular weight excluding hydrogens is 280 g/mol. The number of amides is 1. The first-order valence-electron chi connectivity index (χ1n) is 6.55. The molecule has 1 atom stereocenters. The summed E-state index contributed by atoms with van der Waals surface area (Å²) < 4.78 is 0. The highest BCUT2D eigenvalue weighted by molar-refractivity contribution is 8.00. The van der Waals surface area contributed by atoms with E-state index in [4.69, 9.17) is 17.3 Å². The van der Waals surface area contributed by atoms with Gasteiger partial charge in [0.05, 0.1) is 16.5 Å². The van der Waals surface area contributed by atoms with Gasteiger partial charge >= 0.3 is 0 Å². The number of piperidine rings is 1. The number of carbonyl (C=O) groups excluding carboxylic acids is 1. The number of halogens is 1. The average molecular weight is 299 g/mol. The van der Waals surface area contributed by atoms with E-state index in [1.807, 2.05) is 17.0 Å². The second-order valence-electron chi connectivity index (χ2n) is 4.90. The van der Waals surface area contributed by atoms with E-state index < -0.39 is 0 Å². The molecule has 1 aliphatic rings. The molecule has 104 valence electrons. The lowest BCUT2D eigenvalue weighted by molar-refractivity contribution is -0.131. The predicted molar refractivity (Wildman–Crippen MR) is 81.6 cm³/mol. The van der Waals surface area contributed by atoms with Gasteiger partial charge in [0, 0.05) is 17.5 Å². The quantitative estimate of drug-likeness (QED) is 0.687. The summed E-state index contributed by atoms with van der Waals surface area (Å²) in [5.74, 6) is 0.676. The Balaban J connectivity index is 1.90. The number of rotatable bonds is 3. The van der Waals surface area contributed by atoms with E-state index in [-0.39, 0.29) is 5.91 Å². The lowest BCUT2D eigenvalue weighted by Gasteiger charge is -2.33. The van der Waals surface area contributed by atoms with Gasteiger partial charge in [0.2, 0.25) is 5.91 Å². The van der Waals surface area contributed by atoms with Crippen LogP contribution in [0.5, 0.6) is 0 Å². The van der Waals surface area contributed by atoms with Crippen LogP contribution in [0.4, 0.5) is 5.69 Å². The zero-order valence-corrected chi connectivity index (χ0v) is 12.6. The molecule has 19 heavy (non-hydrogen) atoms. The summed E-state index contributed by atoms with van der Waals surface area (Å²) >= 11 is 7.48. The van der Waals surface area contributed by atoms with Gasteiger partial charge in [-0.2, -0.15) is 0 Å². The lowest BCUT2D eigenvalue weighted by Crippen LogP contribution is -2.42. The summed E-state index contributed by atoms with van der Waals surface area (Å²) in [6, 6.07) is 5.86. The van der Waals surface area contributed by atoms with Crippen LogP contribution >= 0.6 is 23.4 Å². The van der Waals surface area contributed by atoms with Gasteiger partial charge < -0.3 is 10.6 Å². The first-order chi connectivity index (χ1) is 9.08. The maximum absolute atomic E-state index is 12.2. The molecule has 2 N–H and O–H groups in total. The van der Waals surface area contributed by atoms with Gasteiger partial charge in [0.25, 0.3) is 0 Å². The number of carbonyl (C=O) groups is 1. The zero-order valence-electron chi connectivity index (χ0n) is 11.1. The van der Waals surface area contributed by atoms with Crippen molar-refractivity contribution in [3.63, 3.8) is 0 Å². The van der Waals surface area contributed by atoms with Crippen molar-refractivity contribution in [3.8, 4) is 0 Å². The third kappa shape index (κ3) is 3.80. The number of thioether (sulfide) groups is 1. The molecule has 0 aromatic heterocycles. The van der Waals surface area contributed by atoms with Crippen LogP contribution in [0.3, 0.4) is 0 Å². The SMILES string of the molecule is CC1CCCCN1C(=O)CSc1ccc(N)c(Cl)c1. The van der Waals surface area contributed by atoms with E-state index in [1.54, 1.807) is 6.07 Å². The molecule has 1 aliphatic heterocycles. The van der Waals surface area contributed by atoms with E-state index in [0.29, 0.717) is 22.5 Å². The highest BCUT2D eigenvalue weighted by Gasteiger charge is 2.22. The first-order valence-corrected chi connectivity index (χ1v) is 7.91. The van der Waals surface area contributed by atoms with Crippen LogP contribution in [-0.4, -0.2) is 29.1 Å². The summed E-state index contributed by atoms with van der Waals surface area (Å²) in [4.78, 5) is 15.2. The van der Waals surface area contributed by atoms with Crippen LogP contribution in [0.25, 0.3) is 0 Å². The predicted octanol–water partition coefficient (Wildman–Crippen LogP) is 3.42. The summed E-state index contributed by atoms with van der Waals surface area (Å²) in [5, 5.41) is 0.545. The third-order valence-corrected chi connectivity index (χ3v) is 4.76. The molecule has 1 unspecified atom stereocenters.